The van der Waals surface area contributed by atoms with Crippen LogP contribution < -0.4 is 5.32 Å². The molecule has 6 heteroatoms. The van der Waals surface area contributed by atoms with E-state index in [-0.39, 0.29) is 28.8 Å². The highest BCUT2D eigenvalue weighted by atomic mass is 16.2. The number of benzene rings is 1. The number of hydrogen-bond donors (Lipinski definition) is 1. The smallest absolute Gasteiger partial charge is 0.256 e. The molecule has 98 valence electrons. The highest BCUT2D eigenvalue weighted by Gasteiger charge is 2.37. The molecule has 1 saturated heterocycles. The van der Waals surface area contributed by atoms with Crippen LogP contribution in [0.3, 0.4) is 0 Å². The van der Waals surface area contributed by atoms with Crippen LogP contribution in [0.15, 0.2) is 24.3 Å². The maximum Gasteiger partial charge on any atom is 0.256 e. The monoisotopic (exact) mass is 252 g/mol. The summed E-state index contributed by atoms with van der Waals surface area (Å²) in [4.78, 5) is 25.8. The molecular weight excluding hydrogens is 236 g/mol. The van der Waals surface area contributed by atoms with E-state index in [1.54, 1.807) is 17.0 Å². The van der Waals surface area contributed by atoms with Gasteiger partial charge in [0.25, 0.3) is 5.91 Å². The van der Waals surface area contributed by atoms with E-state index in [0.717, 1.165) is 12.8 Å². The molecule has 3 rings (SSSR count). The van der Waals surface area contributed by atoms with Gasteiger partial charge in [0.15, 0.2) is 0 Å². The molecule has 0 radical (unpaired) electrons. The summed E-state index contributed by atoms with van der Waals surface area (Å²) in [5.41, 5.74) is 1.23. The van der Waals surface area contributed by atoms with Gasteiger partial charge >= 0.3 is 0 Å². The lowest BCUT2D eigenvalue weighted by molar-refractivity contribution is -0.119. The van der Waals surface area contributed by atoms with Gasteiger partial charge in [0.1, 0.15) is 6.04 Å². The number of fused-ring (bicyclic) bond motifs is 2. The molecule has 0 spiro atoms. The maximum atomic E-state index is 12.2. The zero-order valence-electron chi connectivity index (χ0n) is 9.77. The van der Waals surface area contributed by atoms with Crippen molar-refractivity contribution in [3.05, 3.63) is 29.8 Å². The first kappa shape index (κ1) is 14.1. The number of nitrogens with zero attached hydrogens (tertiary/aromatic N) is 1. The van der Waals surface area contributed by atoms with E-state index in [2.05, 4.69) is 5.32 Å². The number of amides is 2. The molecule has 5 N–H and O–H groups in total. The summed E-state index contributed by atoms with van der Waals surface area (Å²) in [7, 11) is 0. The van der Waals surface area contributed by atoms with Gasteiger partial charge in [-0.3, -0.25) is 9.59 Å². The topological polar surface area (TPSA) is 112 Å². The predicted octanol–water partition coefficient (Wildman–Crippen LogP) is -0.406. The fraction of sp³-hybridized carbons (Fsp3) is 0.333. The molecule has 1 aromatic carbocycles. The van der Waals surface area contributed by atoms with E-state index in [9.17, 15) is 9.59 Å². The molecule has 2 aliphatic heterocycles. The minimum absolute atomic E-state index is 0. The average molecular weight is 252 g/mol. The largest absolute Gasteiger partial charge is 0.412 e. The van der Waals surface area contributed by atoms with Crippen molar-refractivity contribution in [2.45, 2.75) is 18.9 Å². The van der Waals surface area contributed by atoms with Crippen LogP contribution in [0.25, 0.3) is 0 Å². The molecule has 18 heavy (non-hydrogen) atoms. The fourth-order valence-corrected chi connectivity index (χ4v) is 2.43. The second-order valence-electron chi connectivity index (χ2n) is 4.19. The minimum Gasteiger partial charge on any atom is -0.412 e. The van der Waals surface area contributed by atoms with E-state index in [4.69, 9.17) is 0 Å². The molecular formula is C12H16N2O4. The third-order valence-electron chi connectivity index (χ3n) is 3.23. The van der Waals surface area contributed by atoms with Crippen LogP contribution in [0.5, 0.6) is 0 Å². The molecule has 0 unspecified atom stereocenters. The summed E-state index contributed by atoms with van der Waals surface area (Å²) >= 11 is 0. The van der Waals surface area contributed by atoms with Crippen LogP contribution in [0, 0.1) is 0 Å². The average Bonchev–Trinajstić information content (AvgIpc) is 2.74. The quantitative estimate of drug-likeness (QED) is 0.676. The minimum atomic E-state index is -0.278. The van der Waals surface area contributed by atoms with Crippen molar-refractivity contribution in [3.63, 3.8) is 0 Å². The van der Waals surface area contributed by atoms with E-state index < -0.39 is 0 Å². The third-order valence-corrected chi connectivity index (χ3v) is 3.23. The second-order valence-corrected chi connectivity index (χ2v) is 4.19. The normalized spacial score (nSPS) is 20.9. The summed E-state index contributed by atoms with van der Waals surface area (Å²) in [5, 5.41) is 2.82. The van der Waals surface area contributed by atoms with Gasteiger partial charge in [0.05, 0.1) is 11.3 Å². The van der Waals surface area contributed by atoms with Gasteiger partial charge in [0.2, 0.25) is 5.91 Å². The van der Waals surface area contributed by atoms with Crippen molar-refractivity contribution in [2.24, 2.45) is 0 Å². The lowest BCUT2D eigenvalue weighted by Crippen LogP contribution is -2.40. The SMILES string of the molecule is O.O.O=C1Nc2ccccc2C(=O)N2CCC[C@@H]12. The van der Waals surface area contributed by atoms with Crippen molar-refractivity contribution in [3.8, 4) is 0 Å². The van der Waals surface area contributed by atoms with Gasteiger partial charge in [-0.2, -0.15) is 0 Å². The zero-order chi connectivity index (χ0) is 11.1. The highest BCUT2D eigenvalue weighted by molar-refractivity contribution is 6.10. The molecule has 2 aliphatic rings. The fourth-order valence-electron chi connectivity index (χ4n) is 2.43. The Morgan fingerprint density at radius 2 is 1.89 bits per heavy atom. The number of carbonyl (C=O) groups excluding carboxylic acids is 2. The lowest BCUT2D eigenvalue weighted by Gasteiger charge is -2.19. The first-order valence-electron chi connectivity index (χ1n) is 5.48. The number of rotatable bonds is 0. The third kappa shape index (κ3) is 1.96. The van der Waals surface area contributed by atoms with Crippen molar-refractivity contribution in [1.29, 1.82) is 0 Å². The van der Waals surface area contributed by atoms with Crippen LogP contribution >= 0.6 is 0 Å². The highest BCUT2D eigenvalue weighted by Crippen LogP contribution is 2.28. The van der Waals surface area contributed by atoms with E-state index in [1.807, 2.05) is 12.1 Å². The predicted molar refractivity (Wildman–Crippen MR) is 66.4 cm³/mol. The number of anilines is 1. The maximum absolute atomic E-state index is 12.2. The van der Waals surface area contributed by atoms with Crippen molar-refractivity contribution in [1.82, 2.24) is 4.90 Å². The van der Waals surface area contributed by atoms with Crippen molar-refractivity contribution < 1.29 is 20.5 Å². The molecule has 0 aliphatic carbocycles. The first-order chi connectivity index (χ1) is 7.77. The van der Waals surface area contributed by atoms with Crippen LogP contribution in [-0.2, 0) is 4.79 Å². The van der Waals surface area contributed by atoms with Gasteiger partial charge in [-0.15, -0.1) is 0 Å². The lowest BCUT2D eigenvalue weighted by atomic mass is 10.1. The molecule has 1 aromatic rings. The Kier molecular flexibility index (Phi) is 4.05. The Balaban J connectivity index is 0.000000810. The van der Waals surface area contributed by atoms with Gasteiger partial charge < -0.3 is 21.2 Å². The molecule has 0 saturated carbocycles. The number of hydrogen-bond acceptors (Lipinski definition) is 2. The summed E-state index contributed by atoms with van der Waals surface area (Å²) < 4.78 is 0. The molecule has 1 fully saturated rings. The first-order valence-corrected chi connectivity index (χ1v) is 5.48. The molecule has 6 nitrogen and oxygen atoms in total. The number of carbonyl (C=O) groups is 2. The Morgan fingerprint density at radius 1 is 1.17 bits per heavy atom. The zero-order valence-corrected chi connectivity index (χ0v) is 9.77. The molecule has 0 bridgehead atoms. The number of nitrogens with one attached hydrogen (secondary N) is 1. The molecule has 1 atom stereocenters. The standard InChI is InChI=1S/C12H12N2O2.2H2O/c15-11-10-6-3-7-14(10)12(16)8-4-1-2-5-9(8)13-11;;/h1-2,4-5,10H,3,6-7H2,(H,13,15);2*1H2/t10-;;/m0../s1. The number of para-hydroxylation sites is 1. The molecule has 2 heterocycles. The Labute approximate surface area is 104 Å². The van der Waals surface area contributed by atoms with Crippen molar-refractivity contribution >= 4 is 17.5 Å². The van der Waals surface area contributed by atoms with Crippen LogP contribution in [0.1, 0.15) is 23.2 Å². The van der Waals surface area contributed by atoms with Crippen LogP contribution in [0.4, 0.5) is 5.69 Å². The van der Waals surface area contributed by atoms with Crippen molar-refractivity contribution in [2.75, 3.05) is 11.9 Å². The Hall–Kier alpha value is -1.92. The summed E-state index contributed by atoms with van der Waals surface area (Å²) in [6.07, 6.45) is 1.68. The van der Waals surface area contributed by atoms with Gasteiger partial charge in [0, 0.05) is 6.54 Å². The Morgan fingerprint density at radius 3 is 2.67 bits per heavy atom. The van der Waals surface area contributed by atoms with E-state index >= 15 is 0 Å². The van der Waals surface area contributed by atoms with Gasteiger partial charge in [-0.1, -0.05) is 12.1 Å². The molecule has 0 aromatic heterocycles. The summed E-state index contributed by atoms with van der Waals surface area (Å²) in [6.45, 7) is 0.686. The van der Waals surface area contributed by atoms with E-state index in [0.29, 0.717) is 17.8 Å². The van der Waals surface area contributed by atoms with Crippen LogP contribution in [0.2, 0.25) is 0 Å². The van der Waals surface area contributed by atoms with Gasteiger partial charge in [-0.25, -0.2) is 0 Å². The second kappa shape index (κ2) is 5.16. The van der Waals surface area contributed by atoms with E-state index in [1.165, 1.54) is 0 Å². The Bertz CT molecular complexity index is 475. The molecule has 2 amide bonds. The summed E-state index contributed by atoms with van der Waals surface area (Å²) in [5.74, 6) is -0.0905. The van der Waals surface area contributed by atoms with Gasteiger partial charge in [-0.05, 0) is 25.0 Å². The van der Waals surface area contributed by atoms with Crippen LogP contribution in [-0.4, -0.2) is 40.3 Å². The summed E-state index contributed by atoms with van der Waals surface area (Å²) in [6, 6.07) is 6.90.